The smallest absolute Gasteiger partial charge is 0.0166 e. The first-order valence-corrected chi connectivity index (χ1v) is 6.50. The van der Waals surface area contributed by atoms with E-state index < -0.39 is 0 Å². The minimum Gasteiger partial charge on any atom is -0.330 e. The van der Waals surface area contributed by atoms with Crippen LogP contribution in [0.1, 0.15) is 46.5 Å². The normalized spacial score (nSPS) is 20.3. The van der Waals surface area contributed by atoms with Gasteiger partial charge in [-0.25, -0.2) is 0 Å². The van der Waals surface area contributed by atoms with E-state index in [1.54, 1.807) is 0 Å². The van der Waals surface area contributed by atoms with Crippen molar-refractivity contribution in [2.75, 3.05) is 19.6 Å². The first-order valence-electron chi connectivity index (χ1n) is 6.50. The third-order valence-electron chi connectivity index (χ3n) is 3.92. The predicted octanol–water partition coefficient (Wildman–Crippen LogP) is 2.79. The van der Waals surface area contributed by atoms with Crippen LogP contribution in [0.25, 0.3) is 0 Å². The highest BCUT2D eigenvalue weighted by Crippen LogP contribution is 2.38. The Bertz CT molecular complexity index is 221. The van der Waals surface area contributed by atoms with Crippen LogP contribution in [0.2, 0.25) is 0 Å². The van der Waals surface area contributed by atoms with Crippen molar-refractivity contribution < 1.29 is 0 Å². The molecule has 1 saturated carbocycles. The Hall–Kier alpha value is -0.340. The van der Waals surface area contributed by atoms with Crippen molar-refractivity contribution in [3.63, 3.8) is 0 Å². The summed E-state index contributed by atoms with van der Waals surface area (Å²) in [6, 6.07) is 0. The quantitative estimate of drug-likeness (QED) is 0.728. The summed E-state index contributed by atoms with van der Waals surface area (Å²) in [5, 5.41) is 0. The Morgan fingerprint density at radius 3 is 2.25 bits per heavy atom. The van der Waals surface area contributed by atoms with Crippen LogP contribution >= 0.6 is 0 Å². The van der Waals surface area contributed by atoms with E-state index in [9.17, 15) is 0 Å². The zero-order chi connectivity index (χ0) is 12.2. The lowest BCUT2D eigenvalue weighted by molar-refractivity contribution is 0.0870. The molecule has 0 unspecified atom stereocenters. The first kappa shape index (κ1) is 13.7. The first-order chi connectivity index (χ1) is 7.43. The van der Waals surface area contributed by atoms with Gasteiger partial charge in [0, 0.05) is 18.6 Å². The molecule has 2 heteroatoms. The molecule has 0 aromatic heterocycles. The average Bonchev–Trinajstić information content (AvgIpc) is 2.65. The Labute approximate surface area is 101 Å². The average molecular weight is 224 g/mol. The third-order valence-corrected chi connectivity index (χ3v) is 3.92. The van der Waals surface area contributed by atoms with Crippen molar-refractivity contribution in [2.24, 2.45) is 11.1 Å². The van der Waals surface area contributed by atoms with Crippen LogP contribution in [0.4, 0.5) is 0 Å². The van der Waals surface area contributed by atoms with Gasteiger partial charge >= 0.3 is 0 Å². The predicted molar refractivity (Wildman–Crippen MR) is 71.5 cm³/mol. The minimum atomic E-state index is 0.207. The molecule has 0 saturated heterocycles. The van der Waals surface area contributed by atoms with Crippen LogP contribution in [0.15, 0.2) is 12.7 Å². The summed E-state index contributed by atoms with van der Waals surface area (Å²) in [6.07, 6.45) is 7.30. The van der Waals surface area contributed by atoms with Gasteiger partial charge < -0.3 is 5.73 Å². The van der Waals surface area contributed by atoms with E-state index in [2.05, 4.69) is 32.3 Å². The molecule has 0 radical (unpaired) electrons. The van der Waals surface area contributed by atoms with Gasteiger partial charge in [-0.1, -0.05) is 18.9 Å². The van der Waals surface area contributed by atoms with E-state index >= 15 is 0 Å². The molecule has 0 bridgehead atoms. The molecular formula is C14H28N2. The maximum Gasteiger partial charge on any atom is 0.0166 e. The van der Waals surface area contributed by atoms with Gasteiger partial charge in [0.15, 0.2) is 0 Å². The highest BCUT2D eigenvalue weighted by Gasteiger charge is 2.36. The number of hydrogen-bond acceptors (Lipinski definition) is 2. The maximum atomic E-state index is 6.00. The molecule has 2 N–H and O–H groups in total. The fourth-order valence-electron chi connectivity index (χ4n) is 2.69. The Balaban J connectivity index is 2.69. The molecule has 94 valence electrons. The lowest BCUT2D eigenvalue weighted by atomic mass is 9.84. The lowest BCUT2D eigenvalue weighted by Gasteiger charge is -2.41. The van der Waals surface area contributed by atoms with Crippen LogP contribution in [-0.4, -0.2) is 30.1 Å². The summed E-state index contributed by atoms with van der Waals surface area (Å²) >= 11 is 0. The second-order valence-electron chi connectivity index (χ2n) is 6.25. The van der Waals surface area contributed by atoms with E-state index in [1.165, 1.54) is 25.7 Å². The lowest BCUT2D eigenvalue weighted by Crippen LogP contribution is -2.49. The van der Waals surface area contributed by atoms with Crippen molar-refractivity contribution in [3.05, 3.63) is 12.7 Å². The van der Waals surface area contributed by atoms with Crippen molar-refractivity contribution in [1.29, 1.82) is 0 Å². The molecule has 1 aliphatic carbocycles. The Morgan fingerprint density at radius 1 is 1.31 bits per heavy atom. The summed E-state index contributed by atoms with van der Waals surface area (Å²) in [5.41, 5.74) is 6.58. The van der Waals surface area contributed by atoms with Gasteiger partial charge in [0.05, 0.1) is 0 Å². The Morgan fingerprint density at radius 2 is 1.88 bits per heavy atom. The molecule has 0 aromatic rings. The van der Waals surface area contributed by atoms with Crippen LogP contribution < -0.4 is 5.73 Å². The summed E-state index contributed by atoms with van der Waals surface area (Å²) in [6.45, 7) is 13.6. The van der Waals surface area contributed by atoms with Crippen molar-refractivity contribution in [2.45, 2.75) is 52.0 Å². The molecule has 0 atom stereocenters. The number of rotatable bonds is 5. The van der Waals surface area contributed by atoms with Gasteiger partial charge in [-0.3, -0.25) is 4.90 Å². The summed E-state index contributed by atoms with van der Waals surface area (Å²) < 4.78 is 0. The molecule has 0 amide bonds. The maximum absolute atomic E-state index is 6.00. The van der Waals surface area contributed by atoms with Gasteiger partial charge in [-0.05, 0) is 45.6 Å². The molecule has 0 aromatic carbocycles. The van der Waals surface area contributed by atoms with Crippen LogP contribution in [0.3, 0.4) is 0 Å². The van der Waals surface area contributed by atoms with Crippen LogP contribution in [0.5, 0.6) is 0 Å². The van der Waals surface area contributed by atoms with Gasteiger partial charge in [0.1, 0.15) is 0 Å². The fraction of sp³-hybridized carbons (Fsp3) is 0.857. The van der Waals surface area contributed by atoms with Gasteiger partial charge in [-0.2, -0.15) is 0 Å². The van der Waals surface area contributed by atoms with Crippen LogP contribution in [0, 0.1) is 5.41 Å². The van der Waals surface area contributed by atoms with Crippen molar-refractivity contribution >= 4 is 0 Å². The molecule has 16 heavy (non-hydrogen) atoms. The van der Waals surface area contributed by atoms with Gasteiger partial charge in [-0.15, -0.1) is 6.58 Å². The number of hydrogen-bond donors (Lipinski definition) is 1. The molecule has 2 nitrogen and oxygen atoms in total. The summed E-state index contributed by atoms with van der Waals surface area (Å²) in [7, 11) is 0. The van der Waals surface area contributed by atoms with Crippen molar-refractivity contribution in [3.8, 4) is 0 Å². The molecule has 0 heterocycles. The summed E-state index contributed by atoms with van der Waals surface area (Å²) in [4.78, 5) is 2.51. The Kier molecular flexibility index (Phi) is 4.57. The number of nitrogens with zero attached hydrogens (tertiary/aromatic N) is 1. The topological polar surface area (TPSA) is 29.3 Å². The summed E-state index contributed by atoms with van der Waals surface area (Å²) in [5.74, 6) is 0. The van der Waals surface area contributed by atoms with Gasteiger partial charge in [0.2, 0.25) is 0 Å². The second-order valence-corrected chi connectivity index (χ2v) is 6.25. The monoisotopic (exact) mass is 224 g/mol. The van der Waals surface area contributed by atoms with E-state index in [1.807, 2.05) is 6.08 Å². The van der Waals surface area contributed by atoms with Gasteiger partial charge in [0.25, 0.3) is 0 Å². The van der Waals surface area contributed by atoms with E-state index in [0.29, 0.717) is 5.41 Å². The minimum absolute atomic E-state index is 0.207. The molecule has 1 aliphatic rings. The highest BCUT2D eigenvalue weighted by atomic mass is 15.2. The fourth-order valence-corrected chi connectivity index (χ4v) is 2.69. The molecule has 1 rings (SSSR count). The van der Waals surface area contributed by atoms with E-state index in [-0.39, 0.29) is 5.54 Å². The molecule has 0 spiro atoms. The highest BCUT2D eigenvalue weighted by molar-refractivity contribution is 4.93. The zero-order valence-electron chi connectivity index (χ0n) is 11.3. The second kappa shape index (κ2) is 5.33. The standard InChI is InChI=1S/C14H28N2/c1-5-10-16(13(2,3)4)12-14(11-15)8-6-7-9-14/h5H,1,6-12,15H2,2-4H3. The van der Waals surface area contributed by atoms with E-state index in [4.69, 9.17) is 5.73 Å². The van der Waals surface area contributed by atoms with Crippen LogP contribution in [-0.2, 0) is 0 Å². The largest absolute Gasteiger partial charge is 0.330 e. The molecule has 1 fully saturated rings. The van der Waals surface area contributed by atoms with Crippen molar-refractivity contribution in [1.82, 2.24) is 4.90 Å². The third kappa shape index (κ3) is 3.33. The zero-order valence-corrected chi connectivity index (χ0v) is 11.3. The molecular weight excluding hydrogens is 196 g/mol. The molecule has 0 aliphatic heterocycles. The SMILES string of the molecule is C=CCN(CC1(CN)CCCC1)C(C)(C)C. The van der Waals surface area contributed by atoms with E-state index in [0.717, 1.165) is 19.6 Å². The number of nitrogens with two attached hydrogens (primary N) is 1.